The smallest absolute Gasteiger partial charge is 0.369 e. The second kappa shape index (κ2) is 4.95. The first-order chi connectivity index (χ1) is 6.18. The van der Waals surface area contributed by atoms with Gasteiger partial charge in [-0.1, -0.05) is 0 Å². The lowest BCUT2D eigenvalue weighted by molar-refractivity contribution is 0.381. The van der Waals surface area contributed by atoms with Crippen molar-refractivity contribution in [1.82, 2.24) is 9.97 Å². The van der Waals surface area contributed by atoms with Crippen LogP contribution in [0.15, 0.2) is 15.9 Å². The number of anilines is 1. The van der Waals surface area contributed by atoms with Gasteiger partial charge in [-0.2, -0.15) is 8.42 Å². The molecular formula is C4H7N3O5S2. The molecule has 0 spiro atoms. The first-order valence-corrected chi connectivity index (χ1v) is 4.78. The molecule has 0 aromatic carbocycles. The Hall–Kier alpha value is -1.10. The number of nitrogens with one attached hydrogen (secondary N) is 1. The maximum atomic E-state index is 10.5. The lowest BCUT2D eigenvalue weighted by atomic mass is 10.6. The lowest BCUT2D eigenvalue weighted by Gasteiger charge is -1.90. The Labute approximate surface area is 84.2 Å². The zero-order chi connectivity index (χ0) is 11.4. The number of thiol groups is 1. The average Bonchev–Trinajstić information content (AvgIpc) is 1.77. The van der Waals surface area contributed by atoms with Crippen molar-refractivity contribution in [3.05, 3.63) is 16.4 Å². The molecule has 10 heteroatoms. The normalized spacial score (nSPS) is 10.2. The van der Waals surface area contributed by atoms with E-state index in [-0.39, 0.29) is 11.5 Å². The maximum Gasteiger partial charge on any atom is 0.394 e. The molecule has 0 unspecified atom stereocenters. The molecule has 5 N–H and O–H groups in total. The molecule has 0 aliphatic rings. The number of aromatic amines is 1. The van der Waals surface area contributed by atoms with Crippen molar-refractivity contribution >= 4 is 29.0 Å². The summed E-state index contributed by atoms with van der Waals surface area (Å²) < 4.78 is 31.6. The SMILES string of the molecule is Nc1nc(S)cc(=O)[nH]1.O=S(=O)(O)O. The van der Waals surface area contributed by atoms with Crippen molar-refractivity contribution in [1.29, 1.82) is 0 Å². The van der Waals surface area contributed by atoms with Gasteiger partial charge in [0.25, 0.3) is 5.56 Å². The van der Waals surface area contributed by atoms with Crippen LogP contribution in [0.3, 0.4) is 0 Å². The second-order valence-electron chi connectivity index (χ2n) is 1.94. The maximum absolute atomic E-state index is 10.5. The van der Waals surface area contributed by atoms with E-state index in [2.05, 4.69) is 22.6 Å². The molecule has 1 aromatic heterocycles. The molecule has 1 rings (SSSR count). The van der Waals surface area contributed by atoms with Gasteiger partial charge in [-0.15, -0.1) is 12.6 Å². The molecule has 0 amide bonds. The molecule has 0 fully saturated rings. The van der Waals surface area contributed by atoms with E-state index in [9.17, 15) is 4.79 Å². The van der Waals surface area contributed by atoms with Gasteiger partial charge in [0, 0.05) is 6.07 Å². The number of rotatable bonds is 0. The standard InChI is InChI=1S/C4H5N3OS.H2O4S/c5-4-6-2(8)1-3(9)7-4;1-5(2,3)4/h1H,(H4,5,6,7,8,9);(H2,1,2,3,4). The summed E-state index contributed by atoms with van der Waals surface area (Å²) in [4.78, 5) is 16.4. The third-order valence-corrected chi connectivity index (χ3v) is 0.976. The van der Waals surface area contributed by atoms with Gasteiger partial charge in [0.1, 0.15) is 5.03 Å². The molecule has 1 heterocycles. The number of H-pyrrole nitrogens is 1. The Balaban J connectivity index is 0.000000292. The van der Waals surface area contributed by atoms with Gasteiger partial charge in [0.05, 0.1) is 0 Å². The van der Waals surface area contributed by atoms with Crippen molar-refractivity contribution in [2.75, 3.05) is 5.73 Å². The van der Waals surface area contributed by atoms with Crippen LogP contribution < -0.4 is 11.3 Å². The minimum atomic E-state index is -4.67. The Morgan fingerprint density at radius 3 is 2.21 bits per heavy atom. The van der Waals surface area contributed by atoms with Crippen LogP contribution in [-0.2, 0) is 10.4 Å². The third-order valence-electron chi connectivity index (χ3n) is 0.746. The fraction of sp³-hybridized carbons (Fsp3) is 0. The fourth-order valence-electron chi connectivity index (χ4n) is 0.463. The number of nitrogen functional groups attached to an aromatic ring is 1. The monoisotopic (exact) mass is 241 g/mol. The highest BCUT2D eigenvalue weighted by Gasteiger charge is 1.89. The molecule has 0 saturated heterocycles. The van der Waals surface area contributed by atoms with E-state index < -0.39 is 10.4 Å². The van der Waals surface area contributed by atoms with Gasteiger partial charge in [0.15, 0.2) is 0 Å². The van der Waals surface area contributed by atoms with E-state index in [0.29, 0.717) is 5.03 Å². The van der Waals surface area contributed by atoms with Crippen molar-refractivity contribution in [3.8, 4) is 0 Å². The van der Waals surface area contributed by atoms with Crippen LogP contribution >= 0.6 is 12.6 Å². The summed E-state index contributed by atoms with van der Waals surface area (Å²) in [6.45, 7) is 0. The predicted octanol–water partition coefficient (Wildman–Crippen LogP) is -1.01. The van der Waals surface area contributed by atoms with Gasteiger partial charge in [-0.25, -0.2) is 4.98 Å². The van der Waals surface area contributed by atoms with Crippen LogP contribution in [0.2, 0.25) is 0 Å². The highest BCUT2D eigenvalue weighted by molar-refractivity contribution is 7.80. The first-order valence-electron chi connectivity index (χ1n) is 2.94. The Morgan fingerprint density at radius 2 is 1.93 bits per heavy atom. The minimum absolute atomic E-state index is 0.0903. The van der Waals surface area contributed by atoms with Crippen molar-refractivity contribution in [3.63, 3.8) is 0 Å². The number of aromatic nitrogens is 2. The van der Waals surface area contributed by atoms with E-state index in [4.69, 9.17) is 23.3 Å². The topological polar surface area (TPSA) is 146 Å². The number of hydrogen-bond donors (Lipinski definition) is 5. The zero-order valence-electron chi connectivity index (χ0n) is 6.58. The van der Waals surface area contributed by atoms with E-state index in [0.717, 1.165) is 0 Å². The fourth-order valence-corrected chi connectivity index (χ4v) is 0.688. The van der Waals surface area contributed by atoms with Crippen LogP contribution in [-0.4, -0.2) is 27.5 Å². The summed E-state index contributed by atoms with van der Waals surface area (Å²) in [6.07, 6.45) is 0. The summed E-state index contributed by atoms with van der Waals surface area (Å²) in [7, 11) is -4.67. The highest BCUT2D eigenvalue weighted by atomic mass is 32.3. The molecule has 8 nitrogen and oxygen atoms in total. The Kier molecular flexibility index (Phi) is 4.56. The van der Waals surface area contributed by atoms with Crippen LogP contribution in [0.1, 0.15) is 0 Å². The van der Waals surface area contributed by atoms with Crippen molar-refractivity contribution in [2.45, 2.75) is 5.03 Å². The lowest BCUT2D eigenvalue weighted by Crippen LogP contribution is -2.09. The summed E-state index contributed by atoms with van der Waals surface area (Å²) in [5, 5.41) is 0.330. The van der Waals surface area contributed by atoms with E-state index in [1.807, 2.05) is 0 Å². The zero-order valence-corrected chi connectivity index (χ0v) is 8.29. The quantitative estimate of drug-likeness (QED) is 0.222. The molecule has 0 bridgehead atoms. The first kappa shape index (κ1) is 12.9. The summed E-state index contributed by atoms with van der Waals surface area (Å²) in [6, 6.07) is 1.25. The van der Waals surface area contributed by atoms with E-state index in [1.54, 1.807) is 0 Å². The number of hydrogen-bond acceptors (Lipinski definition) is 6. The van der Waals surface area contributed by atoms with Crippen LogP contribution in [0.25, 0.3) is 0 Å². The molecule has 14 heavy (non-hydrogen) atoms. The molecule has 0 radical (unpaired) electrons. The van der Waals surface area contributed by atoms with E-state index >= 15 is 0 Å². The molecule has 0 saturated carbocycles. The highest BCUT2D eigenvalue weighted by Crippen LogP contribution is 1.95. The Bertz CT molecular complexity index is 421. The van der Waals surface area contributed by atoms with Gasteiger partial charge >= 0.3 is 10.4 Å². The number of nitrogens with zero attached hydrogens (tertiary/aromatic N) is 1. The van der Waals surface area contributed by atoms with Crippen LogP contribution in [0.5, 0.6) is 0 Å². The van der Waals surface area contributed by atoms with Crippen LogP contribution in [0, 0.1) is 0 Å². The molecule has 80 valence electrons. The van der Waals surface area contributed by atoms with Gasteiger partial charge in [-0.3, -0.25) is 18.9 Å². The van der Waals surface area contributed by atoms with Crippen LogP contribution in [0.4, 0.5) is 5.95 Å². The molecule has 0 aliphatic carbocycles. The third kappa shape index (κ3) is 8.99. The molecular weight excluding hydrogens is 234 g/mol. The average molecular weight is 241 g/mol. The summed E-state index contributed by atoms with van der Waals surface area (Å²) in [5.41, 5.74) is 4.86. The van der Waals surface area contributed by atoms with Crippen molar-refractivity contribution < 1.29 is 17.5 Å². The van der Waals surface area contributed by atoms with Gasteiger partial charge < -0.3 is 5.73 Å². The summed E-state index contributed by atoms with van der Waals surface area (Å²) >= 11 is 3.81. The number of nitrogens with two attached hydrogens (primary N) is 1. The minimum Gasteiger partial charge on any atom is -0.369 e. The van der Waals surface area contributed by atoms with Crippen molar-refractivity contribution in [2.24, 2.45) is 0 Å². The van der Waals surface area contributed by atoms with E-state index in [1.165, 1.54) is 6.07 Å². The van der Waals surface area contributed by atoms with Gasteiger partial charge in [-0.05, 0) is 0 Å². The molecule has 0 aliphatic heterocycles. The molecule has 1 aromatic rings. The largest absolute Gasteiger partial charge is 0.394 e. The molecule has 0 atom stereocenters. The van der Waals surface area contributed by atoms with Gasteiger partial charge in [0.2, 0.25) is 5.95 Å². The summed E-state index contributed by atoms with van der Waals surface area (Å²) in [5.74, 6) is 0.0903. The Morgan fingerprint density at radius 1 is 1.50 bits per heavy atom. The second-order valence-corrected chi connectivity index (χ2v) is 3.29. The predicted molar refractivity (Wildman–Crippen MR) is 50.7 cm³/mol.